The Morgan fingerprint density at radius 2 is 2.05 bits per heavy atom. The Bertz CT molecular complexity index is 583. The number of hydrogen-bond donors (Lipinski definition) is 0. The number of rotatable bonds is 4. The molecule has 6 heteroatoms. The van der Waals surface area contributed by atoms with Gasteiger partial charge in [0.05, 0.1) is 26.1 Å². The topological polar surface area (TPSA) is 51.7 Å². The van der Waals surface area contributed by atoms with Crippen molar-refractivity contribution < 1.29 is 14.3 Å². The Morgan fingerprint density at radius 3 is 2.74 bits per heavy atom. The molecule has 0 saturated carbocycles. The van der Waals surface area contributed by atoms with E-state index in [1.165, 1.54) is 24.6 Å². The Labute approximate surface area is 115 Å². The van der Waals surface area contributed by atoms with Crippen LogP contribution >= 0.6 is 11.3 Å². The van der Waals surface area contributed by atoms with Gasteiger partial charge in [-0.05, 0) is 12.1 Å². The van der Waals surface area contributed by atoms with Crippen molar-refractivity contribution in [2.45, 2.75) is 0 Å². The maximum absolute atomic E-state index is 11.4. The van der Waals surface area contributed by atoms with Gasteiger partial charge in [0.15, 0.2) is 5.13 Å². The van der Waals surface area contributed by atoms with Crippen molar-refractivity contribution in [3.63, 3.8) is 0 Å². The molecule has 0 aliphatic heterocycles. The van der Waals surface area contributed by atoms with E-state index in [-0.39, 0.29) is 5.97 Å². The fraction of sp³-hybridized carbons (Fsp3) is 0.231. The SMILES string of the molecule is COC(=O)c1cnc(N(C)c2ccccc2OC)s1. The van der Waals surface area contributed by atoms with E-state index in [0.717, 1.165) is 11.4 Å². The molecule has 0 N–H and O–H groups in total. The third-order valence-corrected chi connectivity index (χ3v) is 3.67. The summed E-state index contributed by atoms with van der Waals surface area (Å²) < 4.78 is 9.98. The van der Waals surface area contributed by atoms with E-state index in [0.29, 0.717) is 10.0 Å². The first-order chi connectivity index (χ1) is 9.17. The fourth-order valence-electron chi connectivity index (χ4n) is 1.62. The van der Waals surface area contributed by atoms with Crippen LogP contribution < -0.4 is 9.64 Å². The molecular weight excluding hydrogens is 264 g/mol. The van der Waals surface area contributed by atoms with Gasteiger partial charge in [0.2, 0.25) is 0 Å². The number of thiazole rings is 1. The number of esters is 1. The molecule has 1 aromatic heterocycles. The molecule has 1 aromatic carbocycles. The first-order valence-electron chi connectivity index (χ1n) is 5.58. The van der Waals surface area contributed by atoms with E-state index in [2.05, 4.69) is 9.72 Å². The van der Waals surface area contributed by atoms with Crippen LogP contribution in [0.1, 0.15) is 9.67 Å². The molecule has 100 valence electrons. The molecule has 19 heavy (non-hydrogen) atoms. The molecule has 0 aliphatic carbocycles. The maximum atomic E-state index is 11.4. The zero-order valence-electron chi connectivity index (χ0n) is 10.9. The standard InChI is InChI=1S/C13H14N2O3S/c1-15(9-6-4-5-7-10(9)17-2)13-14-8-11(19-13)12(16)18-3/h4-8H,1-3H3. The van der Waals surface area contributed by atoms with E-state index < -0.39 is 0 Å². The van der Waals surface area contributed by atoms with Gasteiger partial charge in [0.25, 0.3) is 0 Å². The molecular formula is C13H14N2O3S. The highest BCUT2D eigenvalue weighted by molar-refractivity contribution is 7.17. The van der Waals surface area contributed by atoms with Gasteiger partial charge >= 0.3 is 5.97 Å². The molecule has 0 bridgehead atoms. The summed E-state index contributed by atoms with van der Waals surface area (Å²) in [6, 6.07) is 7.62. The molecule has 1 heterocycles. The largest absolute Gasteiger partial charge is 0.495 e. The smallest absolute Gasteiger partial charge is 0.349 e. The summed E-state index contributed by atoms with van der Waals surface area (Å²) in [5.74, 6) is 0.372. The summed E-state index contributed by atoms with van der Waals surface area (Å²) in [5, 5.41) is 0.699. The number of anilines is 2. The minimum atomic E-state index is -0.378. The molecule has 0 atom stereocenters. The second kappa shape index (κ2) is 5.71. The molecule has 2 aromatic rings. The quantitative estimate of drug-likeness (QED) is 0.805. The number of hydrogen-bond acceptors (Lipinski definition) is 6. The van der Waals surface area contributed by atoms with Crippen LogP contribution in [-0.2, 0) is 4.74 Å². The van der Waals surface area contributed by atoms with Crippen molar-refractivity contribution in [3.8, 4) is 5.75 Å². The molecule has 0 amide bonds. The van der Waals surface area contributed by atoms with E-state index in [1.807, 2.05) is 36.2 Å². The van der Waals surface area contributed by atoms with Crippen LogP contribution in [0.4, 0.5) is 10.8 Å². The number of aromatic nitrogens is 1. The molecule has 0 unspecified atom stereocenters. The molecule has 0 aliphatic rings. The van der Waals surface area contributed by atoms with E-state index in [1.54, 1.807) is 7.11 Å². The van der Waals surface area contributed by atoms with Crippen LogP contribution in [0.25, 0.3) is 0 Å². The number of benzene rings is 1. The van der Waals surface area contributed by atoms with Crippen molar-refractivity contribution in [1.29, 1.82) is 0 Å². The predicted octanol–water partition coefficient (Wildman–Crippen LogP) is 2.71. The highest BCUT2D eigenvalue weighted by Crippen LogP contribution is 2.34. The van der Waals surface area contributed by atoms with Gasteiger partial charge in [-0.3, -0.25) is 0 Å². The van der Waals surface area contributed by atoms with Crippen molar-refractivity contribution in [2.75, 3.05) is 26.2 Å². The van der Waals surface area contributed by atoms with Gasteiger partial charge in [0.1, 0.15) is 10.6 Å². The minimum Gasteiger partial charge on any atom is -0.495 e. The lowest BCUT2D eigenvalue weighted by molar-refractivity contribution is 0.0606. The van der Waals surface area contributed by atoms with Crippen LogP contribution in [0, 0.1) is 0 Å². The monoisotopic (exact) mass is 278 g/mol. The number of ether oxygens (including phenoxy) is 2. The number of para-hydroxylation sites is 2. The van der Waals surface area contributed by atoms with Crippen molar-refractivity contribution in [1.82, 2.24) is 4.98 Å². The zero-order chi connectivity index (χ0) is 13.8. The first kappa shape index (κ1) is 13.4. The predicted molar refractivity (Wildman–Crippen MR) is 74.5 cm³/mol. The normalized spacial score (nSPS) is 10.1. The van der Waals surface area contributed by atoms with Crippen LogP contribution in [-0.4, -0.2) is 32.2 Å². The van der Waals surface area contributed by atoms with Crippen molar-refractivity contribution in [3.05, 3.63) is 35.3 Å². The van der Waals surface area contributed by atoms with Gasteiger partial charge in [-0.25, -0.2) is 9.78 Å². The van der Waals surface area contributed by atoms with Gasteiger partial charge in [-0.15, -0.1) is 0 Å². The summed E-state index contributed by atoms with van der Waals surface area (Å²) in [5.41, 5.74) is 0.885. The zero-order valence-corrected chi connectivity index (χ0v) is 11.7. The number of carbonyl (C=O) groups is 1. The van der Waals surface area contributed by atoms with Crippen LogP contribution in [0.5, 0.6) is 5.75 Å². The third kappa shape index (κ3) is 2.68. The van der Waals surface area contributed by atoms with Crippen molar-refractivity contribution >= 4 is 28.1 Å². The number of carbonyl (C=O) groups excluding carboxylic acids is 1. The minimum absolute atomic E-state index is 0.378. The molecule has 0 spiro atoms. The van der Waals surface area contributed by atoms with E-state index >= 15 is 0 Å². The second-order valence-electron chi connectivity index (χ2n) is 3.73. The molecule has 0 radical (unpaired) electrons. The summed E-state index contributed by atoms with van der Waals surface area (Å²) >= 11 is 1.27. The lowest BCUT2D eigenvalue weighted by atomic mass is 10.3. The lowest BCUT2D eigenvalue weighted by Gasteiger charge is -2.18. The Morgan fingerprint density at radius 1 is 1.32 bits per heavy atom. The summed E-state index contributed by atoms with van der Waals surface area (Å²) in [7, 11) is 4.85. The molecule has 5 nitrogen and oxygen atoms in total. The van der Waals surface area contributed by atoms with E-state index in [4.69, 9.17) is 4.74 Å². The highest BCUT2D eigenvalue weighted by Gasteiger charge is 2.16. The number of methoxy groups -OCH3 is 2. The number of nitrogens with zero attached hydrogens (tertiary/aromatic N) is 2. The molecule has 2 rings (SSSR count). The van der Waals surface area contributed by atoms with Crippen LogP contribution in [0.3, 0.4) is 0 Å². The third-order valence-electron chi connectivity index (χ3n) is 2.61. The molecule has 0 saturated heterocycles. The van der Waals surface area contributed by atoms with Gasteiger partial charge in [0, 0.05) is 7.05 Å². The highest BCUT2D eigenvalue weighted by atomic mass is 32.1. The summed E-state index contributed by atoms with van der Waals surface area (Å²) in [6.45, 7) is 0. The Balaban J connectivity index is 2.31. The van der Waals surface area contributed by atoms with Crippen molar-refractivity contribution in [2.24, 2.45) is 0 Å². The lowest BCUT2D eigenvalue weighted by Crippen LogP contribution is -2.10. The summed E-state index contributed by atoms with van der Waals surface area (Å²) in [4.78, 5) is 18.0. The Kier molecular flexibility index (Phi) is 4.01. The summed E-state index contributed by atoms with van der Waals surface area (Å²) in [6.07, 6.45) is 1.51. The molecule has 0 fully saturated rings. The average molecular weight is 278 g/mol. The van der Waals surface area contributed by atoms with Gasteiger partial charge < -0.3 is 14.4 Å². The Hall–Kier alpha value is -2.08. The fourth-order valence-corrected chi connectivity index (χ4v) is 2.43. The van der Waals surface area contributed by atoms with Crippen LogP contribution in [0.15, 0.2) is 30.5 Å². The van der Waals surface area contributed by atoms with Gasteiger partial charge in [-0.1, -0.05) is 23.5 Å². The maximum Gasteiger partial charge on any atom is 0.349 e. The second-order valence-corrected chi connectivity index (χ2v) is 4.74. The first-order valence-corrected chi connectivity index (χ1v) is 6.40. The average Bonchev–Trinajstić information content (AvgIpc) is 2.95. The van der Waals surface area contributed by atoms with Gasteiger partial charge in [-0.2, -0.15) is 0 Å². The van der Waals surface area contributed by atoms with E-state index in [9.17, 15) is 4.79 Å². The van der Waals surface area contributed by atoms with Crippen LogP contribution in [0.2, 0.25) is 0 Å².